The van der Waals surface area contributed by atoms with E-state index in [0.29, 0.717) is 17.0 Å². The number of carbonyl (C=O) groups is 1. The molecular weight excluding hydrogens is 280 g/mol. The predicted octanol–water partition coefficient (Wildman–Crippen LogP) is 3.46. The Morgan fingerprint density at radius 3 is 2.73 bits per heavy atom. The van der Waals surface area contributed by atoms with Crippen molar-refractivity contribution >= 4 is 11.6 Å². The monoisotopic (exact) mass is 302 g/mol. The number of nitro benzene ring substituents is 1. The van der Waals surface area contributed by atoms with Crippen LogP contribution in [0, 0.1) is 34.8 Å². The number of nitrogens with one attached hydrogen (secondary N) is 1. The highest BCUT2D eigenvalue weighted by molar-refractivity contribution is 5.96. The van der Waals surface area contributed by atoms with Crippen molar-refractivity contribution in [2.24, 2.45) is 17.8 Å². The first-order chi connectivity index (χ1) is 10.5. The van der Waals surface area contributed by atoms with Crippen molar-refractivity contribution in [2.45, 2.75) is 45.6 Å². The quantitative estimate of drug-likeness (QED) is 0.684. The number of nitro groups is 1. The summed E-state index contributed by atoms with van der Waals surface area (Å²) in [5.41, 5.74) is 0.842. The molecule has 0 aromatic heterocycles. The molecule has 1 aromatic carbocycles. The number of fused-ring (bicyclic) bond motifs is 2. The van der Waals surface area contributed by atoms with E-state index in [2.05, 4.69) is 12.2 Å². The molecule has 0 unspecified atom stereocenters. The Bertz CT molecular complexity index is 614. The summed E-state index contributed by atoms with van der Waals surface area (Å²) in [5.74, 6) is 1.94. The van der Waals surface area contributed by atoms with E-state index in [4.69, 9.17) is 0 Å². The van der Waals surface area contributed by atoms with Crippen LogP contribution in [0.5, 0.6) is 0 Å². The molecular formula is C17H22N2O3. The number of rotatable bonds is 4. The molecule has 5 nitrogen and oxygen atoms in total. The fraction of sp³-hybridized carbons (Fsp3) is 0.588. The minimum Gasteiger partial charge on any atom is -0.349 e. The third-order valence-corrected chi connectivity index (χ3v) is 5.54. The zero-order chi connectivity index (χ0) is 15.9. The van der Waals surface area contributed by atoms with Gasteiger partial charge < -0.3 is 5.32 Å². The Morgan fingerprint density at radius 2 is 2.14 bits per heavy atom. The van der Waals surface area contributed by atoms with Gasteiger partial charge in [0.2, 0.25) is 0 Å². The summed E-state index contributed by atoms with van der Waals surface area (Å²) in [5, 5.41) is 14.1. The topological polar surface area (TPSA) is 72.2 Å². The van der Waals surface area contributed by atoms with Crippen LogP contribution in [0.25, 0.3) is 0 Å². The first kappa shape index (κ1) is 15.0. The SMILES string of the molecule is Cc1c(C(=O)N[C@H](C)[C@H]2C[C@H]3CC[C@H]2C3)cccc1[N+](=O)[O-]. The molecule has 1 aromatic rings. The molecule has 0 saturated heterocycles. The van der Waals surface area contributed by atoms with E-state index in [1.54, 1.807) is 19.1 Å². The lowest BCUT2D eigenvalue weighted by atomic mass is 9.84. The summed E-state index contributed by atoms with van der Waals surface area (Å²) in [4.78, 5) is 23.0. The van der Waals surface area contributed by atoms with Gasteiger partial charge in [0.15, 0.2) is 0 Å². The van der Waals surface area contributed by atoms with Crippen molar-refractivity contribution in [3.05, 3.63) is 39.4 Å². The van der Waals surface area contributed by atoms with Crippen molar-refractivity contribution in [2.75, 3.05) is 0 Å². The molecule has 118 valence electrons. The van der Waals surface area contributed by atoms with Crippen LogP contribution in [0.4, 0.5) is 5.69 Å². The molecule has 3 rings (SSSR count). The number of nitrogens with zero attached hydrogens (tertiary/aromatic N) is 1. The van der Waals surface area contributed by atoms with Crippen LogP contribution < -0.4 is 5.32 Å². The van der Waals surface area contributed by atoms with Crippen molar-refractivity contribution in [1.29, 1.82) is 0 Å². The molecule has 0 heterocycles. The van der Waals surface area contributed by atoms with Crippen LogP contribution in [0.1, 0.15) is 48.5 Å². The Morgan fingerprint density at radius 1 is 1.36 bits per heavy atom. The smallest absolute Gasteiger partial charge is 0.273 e. The fourth-order valence-electron chi connectivity index (χ4n) is 4.37. The Balaban J connectivity index is 1.72. The van der Waals surface area contributed by atoms with Crippen LogP contribution in [0.15, 0.2) is 18.2 Å². The largest absolute Gasteiger partial charge is 0.349 e. The minimum atomic E-state index is -0.439. The Hall–Kier alpha value is -1.91. The van der Waals surface area contributed by atoms with Gasteiger partial charge in [-0.05, 0) is 56.9 Å². The van der Waals surface area contributed by atoms with E-state index in [-0.39, 0.29) is 17.6 Å². The van der Waals surface area contributed by atoms with Gasteiger partial charge in [0.05, 0.1) is 4.92 Å². The van der Waals surface area contributed by atoms with E-state index >= 15 is 0 Å². The van der Waals surface area contributed by atoms with E-state index in [1.807, 2.05) is 0 Å². The van der Waals surface area contributed by atoms with Crippen molar-refractivity contribution < 1.29 is 9.72 Å². The van der Waals surface area contributed by atoms with Crippen LogP contribution in [-0.4, -0.2) is 16.9 Å². The van der Waals surface area contributed by atoms with Gasteiger partial charge in [-0.2, -0.15) is 0 Å². The van der Waals surface area contributed by atoms with Crippen molar-refractivity contribution in [3.8, 4) is 0 Å². The third kappa shape index (κ3) is 2.60. The second-order valence-electron chi connectivity index (χ2n) is 6.81. The lowest BCUT2D eigenvalue weighted by Gasteiger charge is -2.28. The van der Waals surface area contributed by atoms with Crippen LogP contribution >= 0.6 is 0 Å². The molecule has 2 aliphatic rings. The zero-order valence-electron chi connectivity index (χ0n) is 13.0. The van der Waals surface area contributed by atoms with Gasteiger partial charge in [0.1, 0.15) is 0 Å². The maximum atomic E-state index is 12.5. The number of hydrogen-bond donors (Lipinski definition) is 1. The van der Waals surface area contributed by atoms with Gasteiger partial charge in [-0.1, -0.05) is 12.5 Å². The van der Waals surface area contributed by atoms with E-state index in [9.17, 15) is 14.9 Å². The summed E-state index contributed by atoms with van der Waals surface area (Å²) in [6, 6.07) is 4.79. The molecule has 2 aliphatic carbocycles. The number of amides is 1. The van der Waals surface area contributed by atoms with Crippen LogP contribution in [0.2, 0.25) is 0 Å². The van der Waals surface area contributed by atoms with E-state index in [0.717, 1.165) is 11.8 Å². The lowest BCUT2D eigenvalue weighted by Crippen LogP contribution is -2.40. The first-order valence-electron chi connectivity index (χ1n) is 8.02. The summed E-state index contributed by atoms with van der Waals surface area (Å²) in [6.45, 7) is 3.70. The van der Waals surface area contributed by atoms with Crippen molar-refractivity contribution in [1.82, 2.24) is 5.32 Å². The second kappa shape index (κ2) is 5.71. The highest BCUT2D eigenvalue weighted by Crippen LogP contribution is 2.49. The summed E-state index contributed by atoms with van der Waals surface area (Å²) in [7, 11) is 0. The third-order valence-electron chi connectivity index (χ3n) is 5.54. The lowest BCUT2D eigenvalue weighted by molar-refractivity contribution is -0.385. The summed E-state index contributed by atoms with van der Waals surface area (Å²) in [6.07, 6.45) is 5.14. The molecule has 1 N–H and O–H groups in total. The fourth-order valence-corrected chi connectivity index (χ4v) is 4.37. The minimum absolute atomic E-state index is 0.000210. The molecule has 2 saturated carbocycles. The van der Waals surface area contributed by atoms with Gasteiger partial charge in [-0.3, -0.25) is 14.9 Å². The molecule has 5 heteroatoms. The van der Waals surface area contributed by atoms with Crippen LogP contribution in [-0.2, 0) is 0 Å². The van der Waals surface area contributed by atoms with Crippen LogP contribution in [0.3, 0.4) is 0 Å². The highest BCUT2D eigenvalue weighted by atomic mass is 16.6. The number of hydrogen-bond acceptors (Lipinski definition) is 3. The van der Waals surface area contributed by atoms with Gasteiger partial charge in [-0.15, -0.1) is 0 Å². The number of benzene rings is 1. The van der Waals surface area contributed by atoms with Gasteiger partial charge in [0.25, 0.3) is 11.6 Å². The van der Waals surface area contributed by atoms with Gasteiger partial charge >= 0.3 is 0 Å². The molecule has 2 bridgehead atoms. The highest BCUT2D eigenvalue weighted by Gasteiger charge is 2.42. The standard InChI is InChI=1S/C17H22N2O3/c1-10-14(4-3-5-16(10)19(21)22)17(20)18-11(2)15-9-12-6-7-13(15)8-12/h3-5,11-13,15H,6-9H2,1-2H3,(H,18,20)/t11-,12+,13+,15-/m1/s1. The second-order valence-corrected chi connectivity index (χ2v) is 6.81. The molecule has 22 heavy (non-hydrogen) atoms. The Kier molecular flexibility index (Phi) is 3.89. The summed E-state index contributed by atoms with van der Waals surface area (Å²) >= 11 is 0. The van der Waals surface area contributed by atoms with Gasteiger partial charge in [0, 0.05) is 23.2 Å². The number of carbonyl (C=O) groups excluding carboxylic acids is 1. The van der Waals surface area contributed by atoms with E-state index < -0.39 is 4.92 Å². The average molecular weight is 302 g/mol. The van der Waals surface area contributed by atoms with Crippen molar-refractivity contribution in [3.63, 3.8) is 0 Å². The summed E-state index contributed by atoms with van der Waals surface area (Å²) < 4.78 is 0. The maximum Gasteiger partial charge on any atom is 0.273 e. The average Bonchev–Trinajstić information content (AvgIpc) is 3.09. The van der Waals surface area contributed by atoms with E-state index in [1.165, 1.54) is 31.7 Å². The first-order valence-corrected chi connectivity index (χ1v) is 8.02. The normalized spacial score (nSPS) is 27.6. The predicted molar refractivity (Wildman–Crippen MR) is 83.7 cm³/mol. The zero-order valence-corrected chi connectivity index (χ0v) is 13.0. The Labute approximate surface area is 130 Å². The molecule has 0 spiro atoms. The molecule has 0 aliphatic heterocycles. The molecule has 0 radical (unpaired) electrons. The maximum absolute atomic E-state index is 12.5. The van der Waals surface area contributed by atoms with Gasteiger partial charge in [-0.25, -0.2) is 0 Å². The molecule has 2 fully saturated rings. The molecule has 4 atom stereocenters. The molecule has 1 amide bonds.